The van der Waals surface area contributed by atoms with Gasteiger partial charge >= 0.3 is 0 Å². The van der Waals surface area contributed by atoms with E-state index in [2.05, 4.69) is 18.7 Å². The van der Waals surface area contributed by atoms with E-state index in [0.717, 1.165) is 23.9 Å². The second-order valence-corrected chi connectivity index (χ2v) is 5.71. The fraction of sp³-hybridized carbons (Fsp3) is 1.00. The highest BCUT2D eigenvalue weighted by atomic mass is 15.2. The van der Waals surface area contributed by atoms with Crippen LogP contribution in [0.5, 0.6) is 0 Å². The molecule has 0 aromatic carbocycles. The molecule has 2 fully saturated rings. The highest BCUT2D eigenvalue weighted by molar-refractivity contribution is 4.97. The van der Waals surface area contributed by atoms with Crippen molar-refractivity contribution in [1.82, 2.24) is 4.90 Å². The SMILES string of the molecule is CC(C)C1CC2(CCN(CN)CC2)C1. The molecule has 1 heterocycles. The van der Waals surface area contributed by atoms with Gasteiger partial charge in [0, 0.05) is 6.67 Å². The van der Waals surface area contributed by atoms with Crippen LogP contribution in [0, 0.1) is 17.3 Å². The average molecular weight is 196 g/mol. The van der Waals surface area contributed by atoms with Crippen molar-refractivity contribution < 1.29 is 0 Å². The van der Waals surface area contributed by atoms with Crippen LogP contribution in [0.1, 0.15) is 39.5 Å². The lowest BCUT2D eigenvalue weighted by atomic mass is 9.55. The minimum Gasteiger partial charge on any atom is -0.318 e. The fourth-order valence-electron chi connectivity index (χ4n) is 3.14. The Labute approximate surface area is 87.8 Å². The predicted octanol–water partition coefficient (Wildman–Crippen LogP) is 2.05. The summed E-state index contributed by atoms with van der Waals surface area (Å²) in [4.78, 5) is 2.38. The number of nitrogens with two attached hydrogens (primary N) is 1. The summed E-state index contributed by atoms with van der Waals surface area (Å²) in [5.74, 6) is 1.91. The van der Waals surface area contributed by atoms with Crippen LogP contribution in [0.15, 0.2) is 0 Å². The van der Waals surface area contributed by atoms with Gasteiger partial charge in [-0.25, -0.2) is 0 Å². The topological polar surface area (TPSA) is 29.3 Å². The Kier molecular flexibility index (Phi) is 2.85. The standard InChI is InChI=1S/C12H24N2/c1-10(2)11-7-12(8-11)3-5-14(9-13)6-4-12/h10-11H,3-9,13H2,1-2H3. The van der Waals surface area contributed by atoms with Gasteiger partial charge in [0.1, 0.15) is 0 Å². The molecule has 0 amide bonds. The summed E-state index contributed by atoms with van der Waals surface area (Å²) >= 11 is 0. The molecule has 0 unspecified atom stereocenters. The average Bonchev–Trinajstić information content (AvgIpc) is 2.14. The van der Waals surface area contributed by atoms with Gasteiger partial charge in [-0.15, -0.1) is 0 Å². The molecular weight excluding hydrogens is 172 g/mol. The zero-order chi connectivity index (χ0) is 10.2. The van der Waals surface area contributed by atoms with Crippen LogP contribution in [0.2, 0.25) is 0 Å². The van der Waals surface area contributed by atoms with Gasteiger partial charge in [-0.05, 0) is 56.0 Å². The van der Waals surface area contributed by atoms with Gasteiger partial charge in [-0.3, -0.25) is 4.90 Å². The van der Waals surface area contributed by atoms with Gasteiger partial charge in [-0.1, -0.05) is 13.8 Å². The van der Waals surface area contributed by atoms with Crippen LogP contribution in [-0.4, -0.2) is 24.7 Å². The molecule has 2 aliphatic rings. The van der Waals surface area contributed by atoms with Crippen LogP contribution in [0.25, 0.3) is 0 Å². The van der Waals surface area contributed by atoms with Crippen molar-refractivity contribution in [3.05, 3.63) is 0 Å². The summed E-state index contributed by atoms with van der Waals surface area (Å²) in [6.45, 7) is 7.96. The number of hydrogen-bond donors (Lipinski definition) is 1. The van der Waals surface area contributed by atoms with E-state index in [0.29, 0.717) is 0 Å². The van der Waals surface area contributed by atoms with E-state index in [-0.39, 0.29) is 0 Å². The first kappa shape index (κ1) is 10.4. The van der Waals surface area contributed by atoms with Crippen molar-refractivity contribution in [3.8, 4) is 0 Å². The largest absolute Gasteiger partial charge is 0.318 e. The zero-order valence-corrected chi connectivity index (χ0v) is 9.63. The van der Waals surface area contributed by atoms with Gasteiger partial charge in [0.2, 0.25) is 0 Å². The normalized spacial score (nSPS) is 28.3. The fourth-order valence-corrected chi connectivity index (χ4v) is 3.14. The molecule has 0 atom stereocenters. The van der Waals surface area contributed by atoms with E-state index in [1.165, 1.54) is 38.8 Å². The lowest BCUT2D eigenvalue weighted by Crippen LogP contribution is -2.49. The quantitative estimate of drug-likeness (QED) is 0.732. The third kappa shape index (κ3) is 1.82. The van der Waals surface area contributed by atoms with E-state index in [1.807, 2.05) is 0 Å². The Balaban J connectivity index is 1.80. The zero-order valence-electron chi connectivity index (χ0n) is 9.63. The van der Waals surface area contributed by atoms with Crippen LogP contribution >= 0.6 is 0 Å². The summed E-state index contributed by atoms with van der Waals surface area (Å²) in [5.41, 5.74) is 6.39. The first-order valence-electron chi connectivity index (χ1n) is 6.08. The molecular formula is C12H24N2. The Morgan fingerprint density at radius 1 is 1.29 bits per heavy atom. The summed E-state index contributed by atoms with van der Waals surface area (Å²) in [7, 11) is 0. The first-order valence-corrected chi connectivity index (χ1v) is 6.08. The molecule has 0 radical (unpaired) electrons. The van der Waals surface area contributed by atoms with Crippen molar-refractivity contribution in [2.24, 2.45) is 23.0 Å². The summed E-state index contributed by atoms with van der Waals surface area (Å²) in [5, 5.41) is 0. The van der Waals surface area contributed by atoms with Gasteiger partial charge in [0.05, 0.1) is 0 Å². The van der Waals surface area contributed by atoms with Crippen molar-refractivity contribution in [2.75, 3.05) is 19.8 Å². The Morgan fingerprint density at radius 3 is 2.29 bits per heavy atom. The summed E-state index contributed by atoms with van der Waals surface area (Å²) in [6.07, 6.45) is 5.77. The molecule has 1 spiro atoms. The predicted molar refractivity (Wildman–Crippen MR) is 59.9 cm³/mol. The van der Waals surface area contributed by atoms with Gasteiger partial charge in [0.25, 0.3) is 0 Å². The molecule has 0 bridgehead atoms. The molecule has 14 heavy (non-hydrogen) atoms. The number of likely N-dealkylation sites (tertiary alicyclic amines) is 1. The van der Waals surface area contributed by atoms with Crippen LogP contribution in [0.3, 0.4) is 0 Å². The lowest BCUT2D eigenvalue weighted by molar-refractivity contribution is -0.0301. The maximum atomic E-state index is 5.65. The minimum absolute atomic E-state index is 0.737. The molecule has 2 N–H and O–H groups in total. The number of nitrogens with zero attached hydrogens (tertiary/aromatic N) is 1. The van der Waals surface area contributed by atoms with Gasteiger partial charge in [0.15, 0.2) is 0 Å². The van der Waals surface area contributed by atoms with Crippen molar-refractivity contribution in [3.63, 3.8) is 0 Å². The van der Waals surface area contributed by atoms with Crippen molar-refractivity contribution >= 4 is 0 Å². The summed E-state index contributed by atoms with van der Waals surface area (Å²) < 4.78 is 0. The molecule has 2 nitrogen and oxygen atoms in total. The first-order chi connectivity index (χ1) is 6.65. The van der Waals surface area contributed by atoms with Crippen LogP contribution in [-0.2, 0) is 0 Å². The summed E-state index contributed by atoms with van der Waals surface area (Å²) in [6, 6.07) is 0. The van der Waals surface area contributed by atoms with Crippen LogP contribution in [0.4, 0.5) is 0 Å². The van der Waals surface area contributed by atoms with Gasteiger partial charge in [-0.2, -0.15) is 0 Å². The Bertz CT molecular complexity index is 184. The monoisotopic (exact) mass is 196 g/mol. The molecule has 1 saturated carbocycles. The third-order valence-electron chi connectivity index (χ3n) is 4.51. The molecule has 1 aliphatic heterocycles. The Hall–Kier alpha value is -0.0800. The van der Waals surface area contributed by atoms with E-state index in [1.54, 1.807) is 0 Å². The van der Waals surface area contributed by atoms with E-state index in [4.69, 9.17) is 5.73 Å². The minimum atomic E-state index is 0.737. The smallest absolute Gasteiger partial charge is 0.0455 e. The lowest BCUT2D eigenvalue weighted by Gasteiger charge is -2.53. The highest BCUT2D eigenvalue weighted by Crippen LogP contribution is 2.54. The molecule has 0 aromatic heterocycles. The van der Waals surface area contributed by atoms with Crippen molar-refractivity contribution in [2.45, 2.75) is 39.5 Å². The third-order valence-corrected chi connectivity index (χ3v) is 4.51. The van der Waals surface area contributed by atoms with E-state index >= 15 is 0 Å². The van der Waals surface area contributed by atoms with Crippen molar-refractivity contribution in [1.29, 1.82) is 0 Å². The molecule has 1 aliphatic carbocycles. The van der Waals surface area contributed by atoms with E-state index in [9.17, 15) is 0 Å². The number of piperidine rings is 1. The van der Waals surface area contributed by atoms with Gasteiger partial charge < -0.3 is 5.73 Å². The molecule has 82 valence electrons. The maximum Gasteiger partial charge on any atom is 0.0455 e. The van der Waals surface area contributed by atoms with Crippen LogP contribution < -0.4 is 5.73 Å². The maximum absolute atomic E-state index is 5.65. The van der Waals surface area contributed by atoms with E-state index < -0.39 is 0 Å². The molecule has 1 saturated heterocycles. The second-order valence-electron chi connectivity index (χ2n) is 5.71. The second kappa shape index (κ2) is 3.82. The highest BCUT2D eigenvalue weighted by Gasteiger charge is 2.46. The molecule has 0 aromatic rings. The number of rotatable bonds is 2. The Morgan fingerprint density at radius 2 is 1.86 bits per heavy atom. The number of hydrogen-bond acceptors (Lipinski definition) is 2. The molecule has 2 heteroatoms. The molecule has 2 rings (SSSR count).